The van der Waals surface area contributed by atoms with Crippen molar-refractivity contribution in [1.29, 1.82) is 0 Å². The zero-order valence-corrected chi connectivity index (χ0v) is 15.2. The van der Waals surface area contributed by atoms with Crippen molar-refractivity contribution in [2.75, 3.05) is 0 Å². The summed E-state index contributed by atoms with van der Waals surface area (Å²) in [6.45, 7) is 3.74. The SMILES string of the molecule is C=CCC1CCC(c2ccc(C(=O)O)c(F)c2-c2cc(F)c(F)c(F)c2)CC1. The van der Waals surface area contributed by atoms with Gasteiger partial charge in [-0.1, -0.05) is 12.1 Å². The minimum absolute atomic E-state index is 0.0791. The van der Waals surface area contributed by atoms with E-state index in [0.29, 0.717) is 23.6 Å². The Morgan fingerprint density at radius 1 is 1.04 bits per heavy atom. The van der Waals surface area contributed by atoms with Gasteiger partial charge < -0.3 is 5.11 Å². The van der Waals surface area contributed by atoms with Gasteiger partial charge in [0.25, 0.3) is 0 Å². The van der Waals surface area contributed by atoms with Crippen LogP contribution in [-0.4, -0.2) is 11.1 Å². The Morgan fingerprint density at radius 2 is 1.64 bits per heavy atom. The Kier molecular flexibility index (Phi) is 5.87. The van der Waals surface area contributed by atoms with Gasteiger partial charge in [0.2, 0.25) is 0 Å². The van der Waals surface area contributed by atoms with Crippen molar-refractivity contribution < 1.29 is 27.5 Å². The normalized spacial score (nSPS) is 19.4. The predicted octanol–water partition coefficient (Wildman–Crippen LogP) is 6.46. The van der Waals surface area contributed by atoms with Crippen molar-refractivity contribution >= 4 is 5.97 Å². The molecule has 148 valence electrons. The van der Waals surface area contributed by atoms with Gasteiger partial charge in [-0.3, -0.25) is 0 Å². The summed E-state index contributed by atoms with van der Waals surface area (Å²) in [6.07, 6.45) is 6.02. The molecule has 0 radical (unpaired) electrons. The molecule has 1 N–H and O–H groups in total. The Hall–Kier alpha value is -2.63. The third-order valence-electron chi connectivity index (χ3n) is 5.46. The Bertz CT molecular complexity index is 892. The zero-order valence-electron chi connectivity index (χ0n) is 15.2. The molecular weight excluding hydrogens is 372 g/mol. The van der Waals surface area contributed by atoms with E-state index in [2.05, 4.69) is 6.58 Å². The molecule has 28 heavy (non-hydrogen) atoms. The minimum Gasteiger partial charge on any atom is -0.478 e. The molecule has 1 saturated carbocycles. The largest absolute Gasteiger partial charge is 0.478 e. The quantitative estimate of drug-likeness (QED) is 0.360. The van der Waals surface area contributed by atoms with Crippen LogP contribution in [0.1, 0.15) is 53.9 Å². The minimum atomic E-state index is -1.65. The van der Waals surface area contributed by atoms with Gasteiger partial charge in [0, 0.05) is 5.56 Å². The molecule has 1 aliphatic carbocycles. The fraction of sp³-hybridized carbons (Fsp3) is 0.318. The summed E-state index contributed by atoms with van der Waals surface area (Å²) in [5.41, 5.74) is -0.487. The molecule has 3 rings (SSSR count). The number of hydrogen-bond donors (Lipinski definition) is 1. The van der Waals surface area contributed by atoms with Gasteiger partial charge in [-0.15, -0.1) is 6.58 Å². The van der Waals surface area contributed by atoms with Gasteiger partial charge in [0.15, 0.2) is 17.5 Å². The summed E-state index contributed by atoms with van der Waals surface area (Å²) in [5.74, 6) is -6.69. The Labute approximate surface area is 160 Å². The maximum atomic E-state index is 15.1. The molecule has 1 aliphatic rings. The number of benzene rings is 2. The van der Waals surface area contributed by atoms with E-state index in [1.54, 1.807) is 0 Å². The fourth-order valence-corrected chi connectivity index (χ4v) is 4.03. The average Bonchev–Trinajstić information content (AvgIpc) is 2.66. The third kappa shape index (κ3) is 3.81. The highest BCUT2D eigenvalue weighted by molar-refractivity contribution is 5.90. The Balaban J connectivity index is 2.10. The maximum Gasteiger partial charge on any atom is 0.338 e. The lowest BCUT2D eigenvalue weighted by molar-refractivity contribution is 0.0692. The van der Waals surface area contributed by atoms with Crippen LogP contribution in [0, 0.1) is 29.2 Å². The summed E-state index contributed by atoms with van der Waals surface area (Å²) < 4.78 is 55.9. The first-order valence-corrected chi connectivity index (χ1v) is 9.15. The van der Waals surface area contributed by atoms with Crippen LogP contribution in [-0.2, 0) is 0 Å². The van der Waals surface area contributed by atoms with Crippen LogP contribution in [0.2, 0.25) is 0 Å². The van der Waals surface area contributed by atoms with Gasteiger partial charge in [-0.25, -0.2) is 22.4 Å². The highest BCUT2D eigenvalue weighted by atomic mass is 19.2. The van der Waals surface area contributed by atoms with Gasteiger partial charge in [-0.05, 0) is 73.3 Å². The van der Waals surface area contributed by atoms with Crippen LogP contribution in [0.3, 0.4) is 0 Å². The van der Waals surface area contributed by atoms with E-state index in [-0.39, 0.29) is 17.0 Å². The van der Waals surface area contributed by atoms with Crippen LogP contribution in [0.15, 0.2) is 36.9 Å². The van der Waals surface area contributed by atoms with Gasteiger partial charge in [0.05, 0.1) is 5.56 Å². The molecule has 0 atom stereocenters. The number of aromatic carboxylic acids is 1. The fourth-order valence-electron chi connectivity index (χ4n) is 4.03. The summed E-state index contributed by atoms with van der Waals surface area (Å²) in [7, 11) is 0. The molecule has 0 unspecified atom stereocenters. The van der Waals surface area contributed by atoms with E-state index < -0.39 is 34.8 Å². The smallest absolute Gasteiger partial charge is 0.338 e. The molecule has 0 spiro atoms. The van der Waals surface area contributed by atoms with E-state index in [0.717, 1.165) is 32.1 Å². The molecule has 2 aromatic rings. The molecule has 0 amide bonds. The molecule has 0 aromatic heterocycles. The van der Waals surface area contributed by atoms with Crippen LogP contribution in [0.5, 0.6) is 0 Å². The summed E-state index contributed by atoms with van der Waals surface area (Å²) in [5, 5.41) is 9.23. The third-order valence-corrected chi connectivity index (χ3v) is 5.46. The van der Waals surface area contributed by atoms with Crippen molar-refractivity contribution in [3.63, 3.8) is 0 Å². The standard InChI is InChI=1S/C22H20F4O2/c1-2-3-12-4-6-13(7-5-12)15-8-9-16(22(27)28)20(25)19(15)14-10-17(23)21(26)18(24)11-14/h2,8-13H,1,3-7H2,(H,27,28). The molecule has 0 bridgehead atoms. The van der Waals surface area contributed by atoms with E-state index >= 15 is 4.39 Å². The Morgan fingerprint density at radius 3 is 2.18 bits per heavy atom. The molecule has 0 saturated heterocycles. The van der Waals surface area contributed by atoms with Crippen molar-refractivity contribution in [2.45, 2.75) is 38.0 Å². The first-order valence-electron chi connectivity index (χ1n) is 9.15. The molecule has 2 aromatic carbocycles. The maximum absolute atomic E-state index is 15.1. The van der Waals surface area contributed by atoms with E-state index in [1.165, 1.54) is 12.1 Å². The van der Waals surface area contributed by atoms with E-state index in [9.17, 15) is 23.1 Å². The molecule has 0 aliphatic heterocycles. The molecular formula is C22H20F4O2. The van der Waals surface area contributed by atoms with Gasteiger partial charge in [-0.2, -0.15) is 0 Å². The number of carboxylic acid groups (broad SMARTS) is 1. The molecule has 0 heterocycles. The van der Waals surface area contributed by atoms with Crippen LogP contribution in [0.4, 0.5) is 17.6 Å². The topological polar surface area (TPSA) is 37.3 Å². The van der Waals surface area contributed by atoms with Crippen molar-refractivity contribution in [1.82, 2.24) is 0 Å². The summed E-state index contributed by atoms with van der Waals surface area (Å²) in [6, 6.07) is 4.08. The van der Waals surface area contributed by atoms with Crippen molar-refractivity contribution in [2.24, 2.45) is 5.92 Å². The number of halogens is 4. The second kappa shape index (κ2) is 8.17. The first-order chi connectivity index (χ1) is 13.3. The van der Waals surface area contributed by atoms with Crippen molar-refractivity contribution in [3.05, 3.63) is 71.3 Å². The number of carbonyl (C=O) groups is 1. The zero-order chi connectivity index (χ0) is 20.4. The molecule has 1 fully saturated rings. The number of rotatable bonds is 5. The highest BCUT2D eigenvalue weighted by Crippen LogP contribution is 2.42. The number of hydrogen-bond acceptors (Lipinski definition) is 1. The monoisotopic (exact) mass is 392 g/mol. The lowest BCUT2D eigenvalue weighted by atomic mass is 9.75. The van der Waals surface area contributed by atoms with Crippen LogP contribution >= 0.6 is 0 Å². The first kappa shape index (κ1) is 20.1. The average molecular weight is 392 g/mol. The lowest BCUT2D eigenvalue weighted by Crippen LogP contribution is -2.15. The molecule has 2 nitrogen and oxygen atoms in total. The summed E-state index contributed by atoms with van der Waals surface area (Å²) in [4.78, 5) is 11.3. The highest BCUT2D eigenvalue weighted by Gasteiger charge is 2.28. The lowest BCUT2D eigenvalue weighted by Gasteiger charge is -2.30. The van der Waals surface area contributed by atoms with Crippen LogP contribution < -0.4 is 0 Å². The predicted molar refractivity (Wildman–Crippen MR) is 98.2 cm³/mol. The number of allylic oxidation sites excluding steroid dienone is 1. The van der Waals surface area contributed by atoms with Crippen LogP contribution in [0.25, 0.3) is 11.1 Å². The molecule has 6 heteroatoms. The van der Waals surface area contributed by atoms with Gasteiger partial charge >= 0.3 is 5.97 Å². The van der Waals surface area contributed by atoms with E-state index in [4.69, 9.17) is 0 Å². The van der Waals surface area contributed by atoms with Crippen molar-refractivity contribution in [3.8, 4) is 11.1 Å². The van der Waals surface area contributed by atoms with E-state index in [1.807, 2.05) is 6.08 Å². The second-order valence-electron chi connectivity index (χ2n) is 7.19. The van der Waals surface area contributed by atoms with Gasteiger partial charge in [0.1, 0.15) is 5.82 Å². The number of carboxylic acids is 1. The second-order valence-corrected chi connectivity index (χ2v) is 7.19. The summed E-state index contributed by atoms with van der Waals surface area (Å²) >= 11 is 0.